The van der Waals surface area contributed by atoms with Crippen molar-refractivity contribution in [2.24, 2.45) is 5.92 Å². The van der Waals surface area contributed by atoms with Crippen LogP contribution < -0.4 is 10.6 Å². The van der Waals surface area contributed by atoms with E-state index in [-0.39, 0.29) is 0 Å². The number of allylic oxidation sites excluding steroid dienone is 2. The van der Waals surface area contributed by atoms with Crippen LogP contribution >= 0.6 is 0 Å². The first kappa shape index (κ1) is 11.2. The minimum Gasteiger partial charge on any atom is -0.392 e. The van der Waals surface area contributed by atoms with Gasteiger partial charge in [-0.2, -0.15) is 0 Å². The summed E-state index contributed by atoms with van der Waals surface area (Å²) in [5, 5.41) is 6.59. The van der Waals surface area contributed by atoms with E-state index >= 15 is 0 Å². The maximum absolute atomic E-state index is 4.05. The molecule has 1 aliphatic rings. The summed E-state index contributed by atoms with van der Waals surface area (Å²) in [6.45, 7) is 9.96. The fourth-order valence-corrected chi connectivity index (χ4v) is 2.19. The Hall–Kier alpha value is -0.920. The maximum Gasteiger partial charge on any atom is 0.0264 e. The van der Waals surface area contributed by atoms with Crippen LogP contribution in [0.1, 0.15) is 32.6 Å². The Morgan fingerprint density at radius 1 is 1.29 bits per heavy atom. The third-order valence-electron chi connectivity index (χ3n) is 2.94. The lowest BCUT2D eigenvalue weighted by Crippen LogP contribution is -2.34. The number of hydrogen-bond donors (Lipinski definition) is 2. The molecule has 0 aromatic carbocycles. The smallest absolute Gasteiger partial charge is 0.0264 e. The molecule has 1 fully saturated rings. The molecular weight excluding hydrogens is 172 g/mol. The van der Waals surface area contributed by atoms with Gasteiger partial charge in [-0.05, 0) is 32.1 Å². The Morgan fingerprint density at radius 2 is 2.00 bits per heavy atom. The quantitative estimate of drug-likeness (QED) is 0.718. The summed E-state index contributed by atoms with van der Waals surface area (Å²) in [6, 6.07) is 0.594. The van der Waals surface area contributed by atoms with Crippen LogP contribution in [0.4, 0.5) is 0 Å². The molecule has 2 nitrogen and oxygen atoms in total. The van der Waals surface area contributed by atoms with Crippen LogP contribution in [0.5, 0.6) is 0 Å². The molecule has 14 heavy (non-hydrogen) atoms. The van der Waals surface area contributed by atoms with E-state index in [4.69, 9.17) is 0 Å². The average molecular weight is 194 g/mol. The Bertz CT molecular complexity index is 220. The van der Waals surface area contributed by atoms with Crippen LogP contribution in [-0.4, -0.2) is 13.1 Å². The van der Waals surface area contributed by atoms with Gasteiger partial charge >= 0.3 is 0 Å². The predicted molar refractivity (Wildman–Crippen MR) is 61.9 cm³/mol. The third kappa shape index (κ3) is 3.09. The highest BCUT2D eigenvalue weighted by Crippen LogP contribution is 2.28. The second-order valence-electron chi connectivity index (χ2n) is 4.26. The van der Waals surface area contributed by atoms with Crippen molar-refractivity contribution in [1.29, 1.82) is 0 Å². The summed E-state index contributed by atoms with van der Waals surface area (Å²) in [7, 11) is 1.96. The Kier molecular flexibility index (Phi) is 4.05. The van der Waals surface area contributed by atoms with Gasteiger partial charge in [-0.25, -0.2) is 0 Å². The van der Waals surface area contributed by atoms with Crippen LogP contribution in [0.15, 0.2) is 24.6 Å². The van der Waals surface area contributed by atoms with E-state index < -0.39 is 0 Å². The average Bonchev–Trinajstić information content (AvgIpc) is 2.16. The van der Waals surface area contributed by atoms with Gasteiger partial charge in [0, 0.05) is 24.5 Å². The normalized spacial score (nSPS) is 26.7. The van der Waals surface area contributed by atoms with Crippen molar-refractivity contribution in [1.82, 2.24) is 10.6 Å². The van der Waals surface area contributed by atoms with Crippen LogP contribution in [0.2, 0.25) is 0 Å². The van der Waals surface area contributed by atoms with E-state index in [9.17, 15) is 0 Å². The largest absolute Gasteiger partial charge is 0.392 e. The molecule has 0 bridgehead atoms. The molecule has 80 valence electrons. The molecule has 0 heterocycles. The van der Waals surface area contributed by atoms with Crippen LogP contribution in [-0.2, 0) is 0 Å². The van der Waals surface area contributed by atoms with Crippen molar-refractivity contribution in [2.45, 2.75) is 38.6 Å². The minimum atomic E-state index is 0.594. The minimum absolute atomic E-state index is 0.594. The molecule has 2 atom stereocenters. The highest BCUT2D eigenvalue weighted by Gasteiger charge is 2.22. The van der Waals surface area contributed by atoms with Crippen LogP contribution in [0.3, 0.4) is 0 Å². The topological polar surface area (TPSA) is 24.1 Å². The van der Waals surface area contributed by atoms with E-state index in [2.05, 4.69) is 23.8 Å². The SMILES string of the molecule is C=C(C)NC1CCCC(C(=C)NC)C1. The van der Waals surface area contributed by atoms with Gasteiger partial charge in [0.25, 0.3) is 0 Å². The molecule has 0 aromatic heterocycles. The van der Waals surface area contributed by atoms with E-state index in [1.54, 1.807) is 0 Å². The van der Waals surface area contributed by atoms with Gasteiger partial charge < -0.3 is 10.6 Å². The van der Waals surface area contributed by atoms with Crippen molar-refractivity contribution < 1.29 is 0 Å². The highest BCUT2D eigenvalue weighted by molar-refractivity contribution is 5.02. The number of nitrogens with one attached hydrogen (secondary N) is 2. The van der Waals surface area contributed by atoms with Gasteiger partial charge in [0.1, 0.15) is 0 Å². The van der Waals surface area contributed by atoms with Gasteiger partial charge in [0.05, 0.1) is 0 Å². The fraction of sp³-hybridized carbons (Fsp3) is 0.667. The van der Waals surface area contributed by atoms with Crippen molar-refractivity contribution in [3.8, 4) is 0 Å². The standard InChI is InChI=1S/C12H22N2/c1-9(2)14-12-7-5-6-11(8-12)10(3)13-4/h11-14H,1,3,5-8H2,2,4H3. The Balaban J connectivity index is 2.43. The van der Waals surface area contributed by atoms with Crippen molar-refractivity contribution in [3.63, 3.8) is 0 Å². The first-order valence-electron chi connectivity index (χ1n) is 5.42. The number of rotatable bonds is 4. The summed E-state index contributed by atoms with van der Waals surface area (Å²) in [5.41, 5.74) is 2.25. The molecule has 1 saturated carbocycles. The zero-order valence-electron chi connectivity index (χ0n) is 9.40. The lowest BCUT2D eigenvalue weighted by Gasteiger charge is -2.31. The van der Waals surface area contributed by atoms with Gasteiger partial charge in [-0.1, -0.05) is 19.6 Å². The second kappa shape index (κ2) is 5.08. The van der Waals surface area contributed by atoms with Crippen LogP contribution in [0, 0.1) is 5.92 Å². The zero-order valence-corrected chi connectivity index (χ0v) is 9.40. The highest BCUT2D eigenvalue weighted by atomic mass is 14.9. The summed E-state index contributed by atoms with van der Waals surface area (Å²) in [6.07, 6.45) is 5.01. The lowest BCUT2D eigenvalue weighted by molar-refractivity contribution is 0.322. The van der Waals surface area contributed by atoms with Crippen LogP contribution in [0.25, 0.3) is 0 Å². The summed E-state index contributed by atoms with van der Waals surface area (Å²) in [4.78, 5) is 0. The Labute approximate surface area is 87.5 Å². The molecule has 1 rings (SSSR count). The molecule has 2 unspecified atom stereocenters. The van der Waals surface area contributed by atoms with Crippen molar-refractivity contribution in [2.75, 3.05) is 7.05 Å². The molecular formula is C12H22N2. The van der Waals surface area contributed by atoms with Crippen molar-refractivity contribution in [3.05, 3.63) is 24.6 Å². The molecule has 0 aliphatic heterocycles. The zero-order chi connectivity index (χ0) is 10.6. The summed E-state index contributed by atoms with van der Waals surface area (Å²) in [5.74, 6) is 0.630. The van der Waals surface area contributed by atoms with E-state index in [0.29, 0.717) is 12.0 Å². The summed E-state index contributed by atoms with van der Waals surface area (Å²) >= 11 is 0. The van der Waals surface area contributed by atoms with Gasteiger partial charge in [0.2, 0.25) is 0 Å². The van der Waals surface area contributed by atoms with E-state index in [1.807, 2.05) is 14.0 Å². The third-order valence-corrected chi connectivity index (χ3v) is 2.94. The molecule has 0 amide bonds. The summed E-state index contributed by atoms with van der Waals surface area (Å²) < 4.78 is 0. The van der Waals surface area contributed by atoms with Crippen molar-refractivity contribution >= 4 is 0 Å². The van der Waals surface area contributed by atoms with Gasteiger partial charge in [0.15, 0.2) is 0 Å². The predicted octanol–water partition coefficient (Wildman–Crippen LogP) is 2.40. The maximum atomic E-state index is 4.05. The second-order valence-corrected chi connectivity index (χ2v) is 4.26. The fourth-order valence-electron chi connectivity index (χ4n) is 2.19. The van der Waals surface area contributed by atoms with E-state index in [1.165, 1.54) is 31.4 Å². The van der Waals surface area contributed by atoms with Gasteiger partial charge in [-0.15, -0.1) is 0 Å². The molecule has 1 aliphatic carbocycles. The monoisotopic (exact) mass is 194 g/mol. The molecule has 0 radical (unpaired) electrons. The molecule has 2 N–H and O–H groups in total. The first-order valence-corrected chi connectivity index (χ1v) is 5.42. The van der Waals surface area contributed by atoms with Gasteiger partial charge in [-0.3, -0.25) is 0 Å². The Morgan fingerprint density at radius 3 is 2.57 bits per heavy atom. The lowest BCUT2D eigenvalue weighted by atomic mass is 9.84. The molecule has 0 aromatic rings. The molecule has 0 spiro atoms. The van der Waals surface area contributed by atoms with E-state index in [0.717, 1.165) is 5.70 Å². The molecule has 2 heteroatoms. The molecule has 0 saturated heterocycles. The first-order chi connectivity index (χ1) is 6.63. The number of hydrogen-bond acceptors (Lipinski definition) is 2.